The van der Waals surface area contributed by atoms with Crippen LogP contribution in [0.5, 0.6) is 0 Å². The number of aromatic amines is 1. The maximum Gasteiger partial charge on any atom is 0.280 e. The molecule has 0 aliphatic carbocycles. The number of nitrogens with one attached hydrogen (secondary N) is 1. The molecule has 150 valence electrons. The number of likely N-dealkylation sites (tertiary alicyclic amines) is 1. The number of carbonyl (C=O) groups excluding carboxylic acids is 1. The molecule has 1 N–H and O–H groups in total. The maximum atomic E-state index is 13.8. The van der Waals surface area contributed by atoms with Gasteiger partial charge < -0.3 is 14.3 Å². The van der Waals surface area contributed by atoms with E-state index < -0.39 is 0 Å². The van der Waals surface area contributed by atoms with E-state index in [1.807, 2.05) is 11.0 Å². The predicted molar refractivity (Wildman–Crippen MR) is 104 cm³/mol. The zero-order chi connectivity index (χ0) is 19.9. The minimum absolute atomic E-state index is 0.0866. The second-order valence-corrected chi connectivity index (χ2v) is 8.50. The molecule has 0 saturated carbocycles. The summed E-state index contributed by atoms with van der Waals surface area (Å²) in [4.78, 5) is 28.0. The first-order valence-corrected chi connectivity index (χ1v) is 9.83. The Bertz CT molecular complexity index is 919. The smallest absolute Gasteiger partial charge is 0.280 e. The van der Waals surface area contributed by atoms with E-state index in [1.165, 1.54) is 12.1 Å². The number of amides is 1. The highest BCUT2D eigenvalue weighted by Gasteiger charge is 2.48. The van der Waals surface area contributed by atoms with Crippen molar-refractivity contribution < 1.29 is 13.7 Å². The molecule has 28 heavy (non-hydrogen) atoms. The lowest BCUT2D eigenvalue weighted by Crippen LogP contribution is -2.50. The van der Waals surface area contributed by atoms with Crippen LogP contribution in [0, 0.1) is 11.7 Å². The van der Waals surface area contributed by atoms with Crippen LogP contribution in [-0.4, -0.2) is 40.6 Å². The molecule has 1 aromatic carbocycles. The largest absolute Gasteiger partial charge is 0.384 e. The van der Waals surface area contributed by atoms with Gasteiger partial charge in [0.2, 0.25) is 5.91 Å². The van der Waals surface area contributed by atoms with E-state index in [2.05, 4.69) is 23.9 Å². The molecule has 2 aliphatic heterocycles. The molecule has 3 heterocycles. The van der Waals surface area contributed by atoms with E-state index in [0.717, 1.165) is 25.1 Å². The van der Waals surface area contributed by atoms with Crippen LogP contribution in [0.1, 0.15) is 38.9 Å². The lowest BCUT2D eigenvalue weighted by Gasteiger charge is -2.42. The Morgan fingerprint density at radius 3 is 2.89 bits per heavy atom. The summed E-state index contributed by atoms with van der Waals surface area (Å²) in [5.74, 6) is 0.735. The molecule has 0 radical (unpaired) electrons. The monoisotopic (exact) mass is 387 g/mol. The van der Waals surface area contributed by atoms with E-state index in [-0.39, 0.29) is 22.8 Å². The van der Waals surface area contributed by atoms with Gasteiger partial charge in [-0.05, 0) is 50.8 Å². The van der Waals surface area contributed by atoms with Crippen molar-refractivity contribution in [3.63, 3.8) is 0 Å². The van der Waals surface area contributed by atoms with Crippen molar-refractivity contribution in [3.05, 3.63) is 52.3 Å². The Labute approximate surface area is 163 Å². The van der Waals surface area contributed by atoms with Crippen molar-refractivity contribution in [1.82, 2.24) is 10.1 Å². The van der Waals surface area contributed by atoms with E-state index >= 15 is 0 Å². The molecule has 0 bridgehead atoms. The fraction of sp³-hybridized carbons (Fsp3) is 0.524. The fourth-order valence-corrected chi connectivity index (χ4v) is 4.98. The number of anilines is 1. The summed E-state index contributed by atoms with van der Waals surface area (Å²) >= 11 is 0. The lowest BCUT2D eigenvalue weighted by atomic mass is 9.89. The summed E-state index contributed by atoms with van der Waals surface area (Å²) in [6.45, 7) is 5.79. The molecule has 4 rings (SSSR count). The number of H-pyrrole nitrogens is 1. The number of hydrogen-bond donors (Lipinski definition) is 1. The van der Waals surface area contributed by atoms with E-state index in [9.17, 15) is 14.0 Å². The van der Waals surface area contributed by atoms with Crippen LogP contribution in [0.2, 0.25) is 0 Å². The van der Waals surface area contributed by atoms with Crippen LogP contribution in [0.3, 0.4) is 0 Å². The van der Waals surface area contributed by atoms with Crippen molar-refractivity contribution in [3.8, 4) is 0 Å². The average molecular weight is 387 g/mol. The first-order valence-electron chi connectivity index (χ1n) is 9.83. The number of carbonyl (C=O) groups is 1. The normalized spacial score (nSPS) is 23.7. The van der Waals surface area contributed by atoms with Crippen molar-refractivity contribution in [2.45, 2.75) is 51.1 Å². The quantitative estimate of drug-likeness (QED) is 0.876. The molecule has 2 saturated heterocycles. The number of halogens is 1. The van der Waals surface area contributed by atoms with E-state index in [4.69, 9.17) is 4.52 Å². The van der Waals surface area contributed by atoms with Crippen LogP contribution in [0.15, 0.2) is 39.6 Å². The Kier molecular flexibility index (Phi) is 4.77. The molecule has 0 unspecified atom stereocenters. The van der Waals surface area contributed by atoms with E-state index in [0.29, 0.717) is 37.1 Å². The first-order chi connectivity index (χ1) is 13.3. The molecule has 1 amide bonds. The van der Waals surface area contributed by atoms with Gasteiger partial charge in [-0.3, -0.25) is 9.59 Å². The fourth-order valence-electron chi connectivity index (χ4n) is 4.98. The zero-order valence-corrected chi connectivity index (χ0v) is 16.3. The number of fused-ring (bicyclic) bond motifs is 1. The molecule has 2 atom stereocenters. The number of nitrogens with zero attached hydrogens (tertiary/aromatic N) is 2. The van der Waals surface area contributed by atoms with Gasteiger partial charge in [-0.1, -0.05) is 6.07 Å². The van der Waals surface area contributed by atoms with Crippen molar-refractivity contribution in [1.29, 1.82) is 0 Å². The lowest BCUT2D eigenvalue weighted by molar-refractivity contribution is -0.133. The van der Waals surface area contributed by atoms with Crippen LogP contribution < -0.4 is 10.5 Å². The number of piperidine rings is 1. The predicted octanol–water partition coefficient (Wildman–Crippen LogP) is 2.95. The SMILES string of the molecule is CC1(C)C[C@@H]2CN(C(=O)CCc3cc(=O)[nH]o3)CC[C@@H]2N1c1cccc(F)c1. The minimum atomic E-state index is -0.283. The molecule has 2 aromatic rings. The number of rotatable bonds is 4. The molecule has 0 spiro atoms. The molecule has 7 heteroatoms. The van der Waals surface area contributed by atoms with Crippen LogP contribution in [-0.2, 0) is 11.2 Å². The summed E-state index contributed by atoms with van der Waals surface area (Å²) in [5.41, 5.74) is 0.546. The van der Waals surface area contributed by atoms with E-state index in [1.54, 1.807) is 12.1 Å². The highest BCUT2D eigenvalue weighted by atomic mass is 19.1. The van der Waals surface area contributed by atoms with Crippen LogP contribution >= 0.6 is 0 Å². The molecular formula is C21H26FN3O3. The summed E-state index contributed by atoms with van der Waals surface area (Å²) in [5, 5.41) is 2.25. The maximum absolute atomic E-state index is 13.8. The molecular weight excluding hydrogens is 361 g/mol. The Balaban J connectivity index is 1.43. The Morgan fingerprint density at radius 1 is 1.36 bits per heavy atom. The van der Waals surface area contributed by atoms with Gasteiger partial charge in [0.05, 0.1) is 0 Å². The zero-order valence-electron chi connectivity index (χ0n) is 16.3. The third-order valence-corrected chi connectivity index (χ3v) is 6.04. The highest BCUT2D eigenvalue weighted by Crippen LogP contribution is 2.44. The van der Waals surface area contributed by atoms with Crippen LogP contribution in [0.4, 0.5) is 10.1 Å². The first kappa shape index (κ1) is 18.8. The van der Waals surface area contributed by atoms with Crippen molar-refractivity contribution in [2.75, 3.05) is 18.0 Å². The number of hydrogen-bond acceptors (Lipinski definition) is 4. The summed E-state index contributed by atoms with van der Waals surface area (Å²) < 4.78 is 18.8. The molecule has 6 nitrogen and oxygen atoms in total. The van der Waals surface area contributed by atoms with Gasteiger partial charge >= 0.3 is 0 Å². The average Bonchev–Trinajstić information content (AvgIpc) is 3.17. The molecule has 1 aromatic heterocycles. The van der Waals surface area contributed by atoms with Gasteiger partial charge in [-0.15, -0.1) is 0 Å². The Hall–Kier alpha value is -2.57. The van der Waals surface area contributed by atoms with Gasteiger partial charge in [0, 0.05) is 49.3 Å². The van der Waals surface area contributed by atoms with Gasteiger partial charge in [0.25, 0.3) is 5.56 Å². The number of aromatic nitrogens is 1. The van der Waals surface area contributed by atoms with Crippen molar-refractivity contribution in [2.24, 2.45) is 5.92 Å². The number of benzene rings is 1. The van der Waals surface area contributed by atoms with Crippen molar-refractivity contribution >= 4 is 11.6 Å². The topological polar surface area (TPSA) is 69.5 Å². The molecule has 2 aliphatic rings. The minimum Gasteiger partial charge on any atom is -0.384 e. The van der Waals surface area contributed by atoms with Gasteiger partial charge in [0.15, 0.2) is 0 Å². The highest BCUT2D eigenvalue weighted by molar-refractivity contribution is 5.76. The second kappa shape index (κ2) is 7.11. The van der Waals surface area contributed by atoms with Gasteiger partial charge in [-0.25, -0.2) is 4.39 Å². The number of aryl methyl sites for hydroxylation is 1. The van der Waals surface area contributed by atoms with Gasteiger partial charge in [-0.2, -0.15) is 5.16 Å². The summed E-state index contributed by atoms with van der Waals surface area (Å²) in [6, 6.07) is 8.49. The third-order valence-electron chi connectivity index (χ3n) is 6.04. The van der Waals surface area contributed by atoms with Crippen LogP contribution in [0.25, 0.3) is 0 Å². The second-order valence-electron chi connectivity index (χ2n) is 8.50. The molecule has 2 fully saturated rings. The Morgan fingerprint density at radius 2 is 2.18 bits per heavy atom. The summed E-state index contributed by atoms with van der Waals surface area (Å²) in [7, 11) is 0. The summed E-state index contributed by atoms with van der Waals surface area (Å²) in [6.07, 6.45) is 2.58. The third kappa shape index (κ3) is 3.57. The standard InChI is InChI=1S/C21H26FN3O3/c1-21(2)12-14-13-24(20(27)7-6-17-11-19(26)23-28-17)9-8-18(14)25(21)16-5-3-4-15(22)10-16/h3-5,10-11,14,18H,6-9,12-13H2,1-2H3,(H,23,26)/t14-,18+/m1/s1. The van der Waals surface area contributed by atoms with Gasteiger partial charge in [0.1, 0.15) is 11.6 Å².